The van der Waals surface area contributed by atoms with Crippen molar-refractivity contribution in [3.63, 3.8) is 0 Å². The first kappa shape index (κ1) is 17.1. The summed E-state index contributed by atoms with van der Waals surface area (Å²) in [4.78, 5) is 18.0. The number of fused-ring (bicyclic) bond motifs is 1. The van der Waals surface area contributed by atoms with E-state index in [0.717, 1.165) is 26.4 Å². The third-order valence-electron chi connectivity index (χ3n) is 3.14. The average Bonchev–Trinajstić information content (AvgIpc) is 2.52. The van der Waals surface area contributed by atoms with Gasteiger partial charge in [-0.25, -0.2) is 0 Å². The first-order chi connectivity index (χ1) is 10.2. The molecule has 0 saturated heterocycles. The fraction of sp³-hybridized carbons (Fsp3) is 0.333. The van der Waals surface area contributed by atoms with Crippen LogP contribution in [0.3, 0.4) is 0 Å². The molecular weight excluding hydrogens is 491 g/mol. The fourth-order valence-electron chi connectivity index (χ4n) is 1.99. The molecule has 0 spiro atoms. The van der Waals surface area contributed by atoms with E-state index in [0.29, 0.717) is 5.69 Å². The Bertz CT molecular complexity index is 649. The molecule has 0 saturated carbocycles. The number of carbonyl (C=O) groups is 1. The van der Waals surface area contributed by atoms with Crippen LogP contribution in [0.1, 0.15) is 36.7 Å². The van der Waals surface area contributed by atoms with Gasteiger partial charge in [0.2, 0.25) is 0 Å². The molecule has 0 bridgehead atoms. The van der Waals surface area contributed by atoms with Gasteiger partial charge in [0.25, 0.3) is 0 Å². The van der Waals surface area contributed by atoms with Crippen LogP contribution in [0.4, 0.5) is 0 Å². The topological polar surface area (TPSA) is 39.2 Å². The van der Waals surface area contributed by atoms with Gasteiger partial charge in [-0.15, -0.1) is 0 Å². The van der Waals surface area contributed by atoms with Crippen molar-refractivity contribution < 1.29 is 34.0 Å². The molecule has 2 aromatic rings. The molecule has 3 nitrogen and oxygen atoms in total. The van der Waals surface area contributed by atoms with Crippen LogP contribution in [0.5, 0.6) is 0 Å². The van der Waals surface area contributed by atoms with Gasteiger partial charge < -0.3 is 0 Å². The van der Waals surface area contributed by atoms with E-state index in [2.05, 4.69) is 30.6 Å². The number of thioether (sulfide) groups is 1. The zero-order chi connectivity index (χ0) is 15.2. The van der Waals surface area contributed by atoms with Crippen molar-refractivity contribution in [2.45, 2.75) is 36.0 Å². The minimum absolute atomic E-state index is 0.0199. The number of thiol groups is 1. The summed E-state index contributed by atoms with van der Waals surface area (Å²) in [5.41, 5.74) is 1.14. The van der Waals surface area contributed by atoms with E-state index in [1.807, 2.05) is 12.1 Å². The molecule has 0 fully saturated rings. The van der Waals surface area contributed by atoms with Crippen LogP contribution in [-0.2, 0) is 29.2 Å². The molecule has 0 N–H and O–H groups in total. The normalized spacial score (nSPS) is 10.9. The Kier molecular flexibility index (Phi) is 6.83. The molecule has 0 aliphatic rings. The molecule has 6 heteroatoms. The number of aromatic nitrogens is 1. The summed E-state index contributed by atoms with van der Waals surface area (Å²) >= 11 is 6.39. The summed E-state index contributed by atoms with van der Waals surface area (Å²) in [6.07, 6.45) is 3.67. The van der Waals surface area contributed by atoms with Crippen molar-refractivity contribution in [2.75, 3.05) is 5.75 Å². The van der Waals surface area contributed by atoms with E-state index in [4.69, 9.17) is 2.64 Å². The summed E-state index contributed by atoms with van der Waals surface area (Å²) in [5.74, 6) is 0.742. The molecule has 0 atom stereocenters. The van der Waals surface area contributed by atoms with Crippen LogP contribution in [0, 0.1) is 0 Å². The molecule has 1 aromatic carbocycles. The zero-order valence-electron chi connectivity index (χ0n) is 12.0. The van der Waals surface area contributed by atoms with Crippen LogP contribution in [0.15, 0.2) is 34.1 Å². The monoisotopic (exact) mass is 508 g/mol. The molecule has 107 valence electrons. The van der Waals surface area contributed by atoms with Gasteiger partial charge in [-0.3, -0.25) is 0 Å². The number of benzene rings is 1. The van der Waals surface area contributed by atoms with Crippen LogP contribution < -0.4 is 0 Å². The van der Waals surface area contributed by atoms with Gasteiger partial charge in [0.05, 0.1) is 0 Å². The molecule has 1 aromatic heterocycles. The maximum atomic E-state index is 11.6. The van der Waals surface area contributed by atoms with E-state index in [-0.39, 0.29) is 32.5 Å². The van der Waals surface area contributed by atoms with Crippen molar-refractivity contribution in [3.05, 3.63) is 30.0 Å². The Balaban J connectivity index is 2.28. The van der Waals surface area contributed by atoms with Crippen molar-refractivity contribution in [1.82, 2.24) is 4.98 Å². The quantitative estimate of drug-likeness (QED) is 0.272. The number of pyridine rings is 1. The fourth-order valence-corrected chi connectivity index (χ4v) is 3.98. The zero-order valence-corrected chi connectivity index (χ0v) is 19.2. The SMILES string of the molecule is CCCCCSc1ccc2ccc(C(=O)[O][Hg])nc2c1S. The van der Waals surface area contributed by atoms with Crippen molar-refractivity contribution in [2.24, 2.45) is 0 Å². The summed E-state index contributed by atoms with van der Waals surface area (Å²) in [6.45, 7) is 2.20. The maximum absolute atomic E-state index is 11.6. The van der Waals surface area contributed by atoms with Gasteiger partial charge in [-0.2, -0.15) is 0 Å². The molecule has 0 radical (unpaired) electrons. The number of unbranched alkanes of at least 4 members (excludes halogenated alkanes) is 2. The Hall–Kier alpha value is -0.265. The number of hydrogen-bond donors (Lipinski definition) is 1. The van der Waals surface area contributed by atoms with Crippen LogP contribution in [0.2, 0.25) is 0 Å². The summed E-state index contributed by atoms with van der Waals surface area (Å²) in [7, 11) is 0. The predicted molar refractivity (Wildman–Crippen MR) is 84.7 cm³/mol. The van der Waals surface area contributed by atoms with Gasteiger partial charge in [0.1, 0.15) is 0 Å². The van der Waals surface area contributed by atoms with Crippen LogP contribution in [-0.4, -0.2) is 16.7 Å². The standard InChI is InChI=1S/C15H17NO2S2.Hg/c1-2-3-4-9-20-12-8-6-10-5-7-11(15(17)18)16-13(10)14(12)19;/h5-8,19H,2-4,9H2,1H3,(H,17,18);/q;+1/p-1. The number of nitrogens with zero attached hydrogens (tertiary/aromatic N) is 1. The van der Waals surface area contributed by atoms with E-state index in [1.165, 1.54) is 19.3 Å². The van der Waals surface area contributed by atoms with Gasteiger partial charge in [-0.1, -0.05) is 6.92 Å². The number of carbonyl (C=O) groups excluding carboxylic acids is 1. The van der Waals surface area contributed by atoms with Crippen LogP contribution in [0.25, 0.3) is 10.9 Å². The summed E-state index contributed by atoms with van der Waals surface area (Å²) < 4.78 is 4.91. The molecular formula is C15H16HgNO2S2. The summed E-state index contributed by atoms with van der Waals surface area (Å²) in [5, 5.41) is 0.993. The van der Waals surface area contributed by atoms with Gasteiger partial charge in [0.15, 0.2) is 0 Å². The Morgan fingerprint density at radius 2 is 2.10 bits per heavy atom. The van der Waals surface area contributed by atoms with Crippen LogP contribution >= 0.6 is 24.4 Å². The second-order valence-corrected chi connectivity index (χ2v) is 7.37. The van der Waals surface area contributed by atoms with Gasteiger partial charge in [-0.05, 0) is 0 Å². The van der Waals surface area contributed by atoms with E-state index in [9.17, 15) is 4.79 Å². The van der Waals surface area contributed by atoms with Crippen molar-refractivity contribution in [3.8, 4) is 0 Å². The second kappa shape index (κ2) is 8.39. The second-order valence-electron chi connectivity index (χ2n) is 4.67. The van der Waals surface area contributed by atoms with Crippen molar-refractivity contribution >= 4 is 41.3 Å². The molecule has 0 amide bonds. The van der Waals surface area contributed by atoms with Gasteiger partial charge in [0, 0.05) is 0 Å². The number of rotatable bonds is 6. The third kappa shape index (κ3) is 4.36. The molecule has 0 aliphatic heterocycles. The van der Waals surface area contributed by atoms with E-state index >= 15 is 0 Å². The molecule has 21 heavy (non-hydrogen) atoms. The van der Waals surface area contributed by atoms with Gasteiger partial charge >= 0.3 is 145 Å². The van der Waals surface area contributed by atoms with Crippen molar-refractivity contribution in [1.29, 1.82) is 0 Å². The first-order valence-corrected chi connectivity index (χ1v) is 10.6. The predicted octanol–water partition coefficient (Wildman–Crippen LogP) is 4.42. The third-order valence-corrected chi connectivity index (χ3v) is 5.91. The Labute approximate surface area is 151 Å². The Morgan fingerprint density at radius 1 is 1.33 bits per heavy atom. The molecule has 0 aliphatic carbocycles. The Morgan fingerprint density at radius 3 is 2.81 bits per heavy atom. The minimum atomic E-state index is -0.339. The van der Waals surface area contributed by atoms with E-state index in [1.54, 1.807) is 17.8 Å². The number of hydrogen-bond acceptors (Lipinski definition) is 5. The summed E-state index contributed by atoms with van der Waals surface area (Å²) in [6, 6.07) is 7.71. The average molecular weight is 507 g/mol. The first-order valence-electron chi connectivity index (χ1n) is 6.89. The molecule has 0 unspecified atom stereocenters. The van der Waals surface area contributed by atoms with E-state index < -0.39 is 0 Å². The molecule has 1 heterocycles. The molecule has 2 rings (SSSR count).